The van der Waals surface area contributed by atoms with Crippen LogP contribution < -0.4 is 20.3 Å². The third-order valence-electron chi connectivity index (χ3n) is 3.31. The minimum absolute atomic E-state index is 0.190. The van der Waals surface area contributed by atoms with Crippen LogP contribution in [-0.4, -0.2) is 53.0 Å². The molecule has 3 rings (SSSR count). The van der Waals surface area contributed by atoms with Crippen molar-refractivity contribution in [3.8, 4) is 5.88 Å². The van der Waals surface area contributed by atoms with Gasteiger partial charge >= 0.3 is 6.61 Å². The molecule has 2 aromatic heterocycles. The van der Waals surface area contributed by atoms with E-state index in [9.17, 15) is 8.78 Å². The third kappa shape index (κ3) is 4.25. The van der Waals surface area contributed by atoms with E-state index in [1.54, 1.807) is 12.4 Å². The van der Waals surface area contributed by atoms with Crippen LogP contribution in [0.3, 0.4) is 0 Å². The highest BCUT2D eigenvalue weighted by Gasteiger charge is 2.13. The number of rotatable bonds is 5. The molecule has 0 aromatic carbocycles. The van der Waals surface area contributed by atoms with Crippen LogP contribution in [0.25, 0.3) is 0 Å². The second kappa shape index (κ2) is 7.18. The highest BCUT2D eigenvalue weighted by atomic mass is 19.3. The van der Waals surface area contributed by atoms with Gasteiger partial charge in [-0.3, -0.25) is 10.1 Å². The lowest BCUT2D eigenvalue weighted by Crippen LogP contribution is -2.28. The Kier molecular flexibility index (Phi) is 4.81. The van der Waals surface area contributed by atoms with Crippen LogP contribution in [0.2, 0.25) is 0 Å². The van der Waals surface area contributed by atoms with Crippen LogP contribution in [-0.2, 0) is 0 Å². The summed E-state index contributed by atoms with van der Waals surface area (Å²) in [5.41, 5.74) is 0. The number of aromatic amines is 1. The van der Waals surface area contributed by atoms with Crippen molar-refractivity contribution in [2.24, 2.45) is 0 Å². The second-order valence-electron chi connectivity index (χ2n) is 4.98. The zero-order valence-corrected chi connectivity index (χ0v) is 12.3. The standard InChI is InChI=1S/C13H17F2N7O/c14-13(15)23-12-6-9(20-21-12)18-10-7-17-8-11(19-10)22-4-1-2-16-3-5-22/h6-8,13,16H,1-5H2,(H2,18,19,20,21). The maximum absolute atomic E-state index is 12.1. The molecule has 124 valence electrons. The number of alkyl halides is 2. The van der Waals surface area contributed by atoms with E-state index in [1.807, 2.05) is 0 Å². The van der Waals surface area contributed by atoms with Crippen molar-refractivity contribution in [1.29, 1.82) is 0 Å². The Morgan fingerprint density at radius 3 is 3.04 bits per heavy atom. The molecule has 0 aliphatic carbocycles. The summed E-state index contributed by atoms with van der Waals surface area (Å²) in [6.07, 6.45) is 4.29. The zero-order valence-electron chi connectivity index (χ0n) is 12.3. The molecule has 3 N–H and O–H groups in total. The quantitative estimate of drug-likeness (QED) is 0.764. The van der Waals surface area contributed by atoms with Crippen molar-refractivity contribution in [1.82, 2.24) is 25.5 Å². The van der Waals surface area contributed by atoms with Crippen molar-refractivity contribution in [3.63, 3.8) is 0 Å². The summed E-state index contributed by atoms with van der Waals surface area (Å²) >= 11 is 0. The molecule has 1 saturated heterocycles. The minimum atomic E-state index is -2.91. The number of hydrogen-bond acceptors (Lipinski definition) is 7. The van der Waals surface area contributed by atoms with E-state index >= 15 is 0 Å². The Hall–Kier alpha value is -2.49. The first-order valence-electron chi connectivity index (χ1n) is 7.25. The molecule has 10 heteroatoms. The summed E-state index contributed by atoms with van der Waals surface area (Å²) in [4.78, 5) is 10.8. The molecular weight excluding hydrogens is 308 g/mol. The Labute approximate surface area is 131 Å². The van der Waals surface area contributed by atoms with Crippen molar-refractivity contribution < 1.29 is 13.5 Å². The molecule has 0 bridgehead atoms. The third-order valence-corrected chi connectivity index (χ3v) is 3.31. The normalized spacial score (nSPS) is 15.5. The number of H-pyrrole nitrogens is 1. The summed E-state index contributed by atoms with van der Waals surface area (Å²) in [5, 5.41) is 12.4. The maximum atomic E-state index is 12.1. The van der Waals surface area contributed by atoms with Gasteiger partial charge in [0.1, 0.15) is 11.6 Å². The molecule has 3 heterocycles. The van der Waals surface area contributed by atoms with Crippen molar-refractivity contribution in [2.45, 2.75) is 13.0 Å². The smallest absolute Gasteiger partial charge is 0.388 e. The van der Waals surface area contributed by atoms with Crippen LogP contribution in [0.5, 0.6) is 5.88 Å². The number of hydrogen-bond donors (Lipinski definition) is 3. The fraction of sp³-hybridized carbons (Fsp3) is 0.462. The van der Waals surface area contributed by atoms with Crippen molar-refractivity contribution in [2.75, 3.05) is 36.4 Å². The molecule has 0 saturated carbocycles. The van der Waals surface area contributed by atoms with Crippen molar-refractivity contribution in [3.05, 3.63) is 18.5 Å². The summed E-state index contributed by atoms with van der Waals surface area (Å²) in [5.74, 6) is 1.46. The number of ether oxygens (including phenoxy) is 1. The molecule has 1 aliphatic heterocycles. The number of nitrogens with zero attached hydrogens (tertiary/aromatic N) is 4. The first-order chi connectivity index (χ1) is 11.2. The van der Waals surface area contributed by atoms with E-state index in [0.717, 1.165) is 38.4 Å². The summed E-state index contributed by atoms with van der Waals surface area (Å²) < 4.78 is 28.4. The van der Waals surface area contributed by atoms with Gasteiger partial charge in [0.25, 0.3) is 0 Å². The van der Waals surface area contributed by atoms with E-state index in [-0.39, 0.29) is 5.88 Å². The number of halogens is 2. The molecule has 23 heavy (non-hydrogen) atoms. The van der Waals surface area contributed by atoms with Gasteiger partial charge < -0.3 is 20.3 Å². The van der Waals surface area contributed by atoms with Gasteiger partial charge in [-0.1, -0.05) is 0 Å². The molecule has 8 nitrogen and oxygen atoms in total. The Morgan fingerprint density at radius 1 is 1.26 bits per heavy atom. The fourth-order valence-corrected chi connectivity index (χ4v) is 2.30. The molecule has 0 unspecified atom stereocenters. The van der Waals surface area contributed by atoms with Gasteiger partial charge in [0, 0.05) is 25.7 Å². The average Bonchev–Trinajstić information content (AvgIpc) is 2.79. The molecule has 0 atom stereocenters. The lowest BCUT2D eigenvalue weighted by molar-refractivity contribution is -0.0528. The maximum Gasteiger partial charge on any atom is 0.388 e. The van der Waals surface area contributed by atoms with Crippen LogP contribution in [0.15, 0.2) is 18.5 Å². The Bertz CT molecular complexity index is 628. The summed E-state index contributed by atoms with van der Waals surface area (Å²) in [6, 6.07) is 1.33. The largest absolute Gasteiger partial charge is 0.415 e. The Balaban J connectivity index is 1.68. The van der Waals surface area contributed by atoms with E-state index < -0.39 is 6.61 Å². The minimum Gasteiger partial charge on any atom is -0.415 e. The van der Waals surface area contributed by atoms with E-state index in [0.29, 0.717) is 11.6 Å². The molecule has 0 radical (unpaired) electrons. The first-order valence-corrected chi connectivity index (χ1v) is 7.25. The van der Waals surface area contributed by atoms with Gasteiger partial charge in [-0.05, 0) is 13.0 Å². The van der Waals surface area contributed by atoms with E-state index in [1.165, 1.54) is 6.07 Å². The lowest BCUT2D eigenvalue weighted by atomic mass is 10.4. The number of anilines is 3. The highest BCUT2D eigenvalue weighted by Crippen LogP contribution is 2.20. The van der Waals surface area contributed by atoms with Gasteiger partial charge in [-0.25, -0.2) is 4.98 Å². The molecular formula is C13H17F2N7O. The van der Waals surface area contributed by atoms with Gasteiger partial charge in [0.2, 0.25) is 5.88 Å². The van der Waals surface area contributed by atoms with E-state index in [4.69, 9.17) is 0 Å². The van der Waals surface area contributed by atoms with Crippen LogP contribution in [0.4, 0.5) is 26.2 Å². The summed E-state index contributed by atoms with van der Waals surface area (Å²) in [6.45, 7) is 0.735. The predicted octanol–water partition coefficient (Wildman–Crippen LogP) is 1.34. The number of nitrogens with one attached hydrogen (secondary N) is 3. The molecule has 0 amide bonds. The average molecular weight is 325 g/mol. The van der Waals surface area contributed by atoms with Crippen molar-refractivity contribution >= 4 is 17.5 Å². The highest BCUT2D eigenvalue weighted by molar-refractivity contribution is 5.54. The molecule has 0 spiro atoms. The number of aromatic nitrogens is 4. The van der Waals surface area contributed by atoms with Crippen LogP contribution in [0, 0.1) is 0 Å². The van der Waals surface area contributed by atoms with Crippen LogP contribution >= 0.6 is 0 Å². The fourth-order valence-electron chi connectivity index (χ4n) is 2.30. The van der Waals surface area contributed by atoms with Gasteiger partial charge in [0.05, 0.1) is 12.4 Å². The van der Waals surface area contributed by atoms with Gasteiger partial charge in [0.15, 0.2) is 5.82 Å². The van der Waals surface area contributed by atoms with Gasteiger partial charge in [-0.15, -0.1) is 5.10 Å². The van der Waals surface area contributed by atoms with Gasteiger partial charge in [-0.2, -0.15) is 8.78 Å². The summed E-state index contributed by atoms with van der Waals surface area (Å²) in [7, 11) is 0. The zero-order chi connectivity index (χ0) is 16.1. The Morgan fingerprint density at radius 2 is 2.17 bits per heavy atom. The molecule has 1 fully saturated rings. The predicted molar refractivity (Wildman–Crippen MR) is 80.2 cm³/mol. The van der Waals surface area contributed by atoms with Crippen LogP contribution in [0.1, 0.15) is 6.42 Å². The molecule has 1 aliphatic rings. The molecule has 2 aromatic rings. The SMILES string of the molecule is FC(F)Oc1cc(Nc2cncc(N3CCCNCC3)n2)[nH]n1. The first kappa shape index (κ1) is 15.4. The topological polar surface area (TPSA) is 91.0 Å². The lowest BCUT2D eigenvalue weighted by Gasteiger charge is -2.20. The monoisotopic (exact) mass is 325 g/mol. The van der Waals surface area contributed by atoms with E-state index in [2.05, 4.69) is 40.4 Å². The second-order valence-corrected chi connectivity index (χ2v) is 4.98.